The van der Waals surface area contributed by atoms with Crippen LogP contribution in [0, 0.1) is 12.0 Å². The Morgan fingerprint density at radius 2 is 1.46 bits per heavy atom. The van der Waals surface area contributed by atoms with E-state index < -0.39 is 0 Å². The fourth-order valence-electron chi connectivity index (χ4n) is 3.51. The van der Waals surface area contributed by atoms with Gasteiger partial charge in [0, 0.05) is 17.4 Å². The van der Waals surface area contributed by atoms with Crippen molar-refractivity contribution in [1.82, 2.24) is 0 Å². The number of rotatable bonds is 3. The molecule has 0 aliphatic heterocycles. The lowest BCUT2D eigenvalue weighted by Crippen LogP contribution is -2.08. The van der Waals surface area contributed by atoms with Crippen LogP contribution in [-0.4, -0.2) is 6.61 Å². The maximum Gasteiger partial charge on any atom is 0.115 e. The largest absolute Gasteiger partial charge is 0.447 e. The second-order valence-electron chi connectivity index (χ2n) is 6.02. The third-order valence-electron chi connectivity index (χ3n) is 4.60. The highest BCUT2D eigenvalue weighted by Gasteiger charge is 2.37. The van der Waals surface area contributed by atoms with Crippen molar-refractivity contribution in [3.8, 4) is 12.0 Å². The van der Waals surface area contributed by atoms with Gasteiger partial charge in [-0.1, -0.05) is 67.2 Å². The molecule has 120 valence electrons. The van der Waals surface area contributed by atoms with Gasteiger partial charge in [-0.25, -0.2) is 0 Å². The summed E-state index contributed by atoms with van der Waals surface area (Å²) in [7, 11) is 0. The molecule has 0 aromatic heterocycles. The van der Waals surface area contributed by atoms with Crippen LogP contribution in [-0.2, 0) is 4.74 Å². The van der Waals surface area contributed by atoms with Crippen LogP contribution in [0.25, 0.3) is 0 Å². The van der Waals surface area contributed by atoms with Crippen LogP contribution in [0.5, 0.6) is 0 Å². The molecule has 2 atom stereocenters. The fourth-order valence-corrected chi connectivity index (χ4v) is 3.51. The number of benzene rings is 2. The predicted molar refractivity (Wildman–Crippen MR) is 99.6 cm³/mol. The van der Waals surface area contributed by atoms with E-state index in [0.29, 0.717) is 6.61 Å². The van der Waals surface area contributed by atoms with Crippen LogP contribution in [0.2, 0.25) is 0 Å². The minimum absolute atomic E-state index is 0.222. The van der Waals surface area contributed by atoms with Gasteiger partial charge in [0.2, 0.25) is 0 Å². The molecular weight excluding hydrogens is 292 g/mol. The Morgan fingerprint density at radius 3 is 2.00 bits per heavy atom. The normalized spacial score (nSPS) is 19.8. The summed E-state index contributed by atoms with van der Waals surface area (Å²) >= 11 is 0. The highest BCUT2D eigenvalue weighted by molar-refractivity contribution is 5.61. The maximum atomic E-state index is 5.24. The zero-order valence-electron chi connectivity index (χ0n) is 14.3. The molecular formula is C23H22O. The third kappa shape index (κ3) is 3.01. The number of allylic oxidation sites excluding steroid dienone is 3. The van der Waals surface area contributed by atoms with Crippen molar-refractivity contribution in [1.29, 1.82) is 0 Å². The topological polar surface area (TPSA) is 9.23 Å². The van der Waals surface area contributed by atoms with Crippen molar-refractivity contribution in [3.05, 3.63) is 95.1 Å². The highest BCUT2D eigenvalue weighted by Crippen LogP contribution is 2.51. The van der Waals surface area contributed by atoms with Gasteiger partial charge in [0.05, 0.1) is 6.61 Å². The van der Waals surface area contributed by atoms with Crippen molar-refractivity contribution in [2.45, 2.75) is 25.7 Å². The Bertz CT molecular complexity index is 803. The summed E-state index contributed by atoms with van der Waals surface area (Å²) in [4.78, 5) is 0. The molecule has 0 amide bonds. The van der Waals surface area contributed by atoms with Gasteiger partial charge in [-0.05, 0) is 42.0 Å². The molecule has 2 aromatic rings. The highest BCUT2D eigenvalue weighted by atomic mass is 16.5. The van der Waals surface area contributed by atoms with Crippen molar-refractivity contribution >= 4 is 0 Å². The van der Waals surface area contributed by atoms with Gasteiger partial charge in [-0.15, -0.1) is 0 Å². The van der Waals surface area contributed by atoms with Gasteiger partial charge in [-0.2, -0.15) is 0 Å². The average molecular weight is 314 g/mol. The Morgan fingerprint density at radius 1 is 0.917 bits per heavy atom. The first-order valence-corrected chi connectivity index (χ1v) is 8.36. The van der Waals surface area contributed by atoms with E-state index in [1.165, 1.54) is 16.7 Å². The van der Waals surface area contributed by atoms with Crippen LogP contribution >= 0.6 is 0 Å². The van der Waals surface area contributed by atoms with Gasteiger partial charge < -0.3 is 4.74 Å². The quantitative estimate of drug-likeness (QED) is 0.686. The minimum Gasteiger partial charge on any atom is -0.447 e. The molecule has 1 aliphatic carbocycles. The van der Waals surface area contributed by atoms with E-state index in [-0.39, 0.29) is 11.8 Å². The van der Waals surface area contributed by atoms with Crippen molar-refractivity contribution < 1.29 is 4.74 Å². The second-order valence-corrected chi connectivity index (χ2v) is 6.02. The van der Waals surface area contributed by atoms with Gasteiger partial charge >= 0.3 is 0 Å². The number of ether oxygens (including phenoxy) is 1. The molecule has 0 spiro atoms. The predicted octanol–water partition coefficient (Wildman–Crippen LogP) is 5.44. The Balaban J connectivity index is 2.09. The van der Waals surface area contributed by atoms with E-state index in [1.807, 2.05) is 6.92 Å². The SMILES string of the molecule is C=C1C(C#COCC)=C(C)[C@@H](c2ccccc2)[C@@H]1c1ccccc1. The summed E-state index contributed by atoms with van der Waals surface area (Å²) in [5.41, 5.74) is 5.97. The molecule has 0 N–H and O–H groups in total. The first-order valence-electron chi connectivity index (χ1n) is 8.36. The lowest BCUT2D eigenvalue weighted by Gasteiger charge is -2.23. The van der Waals surface area contributed by atoms with Crippen LogP contribution in [0.3, 0.4) is 0 Å². The second kappa shape index (κ2) is 7.23. The first kappa shape index (κ1) is 16.1. The summed E-state index contributed by atoms with van der Waals surface area (Å²) in [6.45, 7) is 9.09. The zero-order valence-corrected chi connectivity index (χ0v) is 14.3. The minimum atomic E-state index is 0.222. The maximum absolute atomic E-state index is 5.24. The number of hydrogen-bond donors (Lipinski definition) is 0. The Kier molecular flexibility index (Phi) is 4.87. The van der Waals surface area contributed by atoms with Crippen LogP contribution in [0.4, 0.5) is 0 Å². The molecule has 0 fully saturated rings. The van der Waals surface area contributed by atoms with E-state index in [1.54, 1.807) is 0 Å². The monoisotopic (exact) mass is 314 g/mol. The lowest BCUT2D eigenvalue weighted by atomic mass is 9.80. The molecule has 1 aliphatic rings. The van der Waals surface area contributed by atoms with Gasteiger partial charge in [-0.3, -0.25) is 0 Å². The van der Waals surface area contributed by atoms with E-state index >= 15 is 0 Å². The van der Waals surface area contributed by atoms with Crippen LogP contribution in [0.1, 0.15) is 36.8 Å². The molecule has 3 rings (SSSR count). The van der Waals surface area contributed by atoms with E-state index in [4.69, 9.17) is 4.74 Å². The fraction of sp³-hybridized carbons (Fsp3) is 0.217. The van der Waals surface area contributed by atoms with Gasteiger partial charge in [0.15, 0.2) is 0 Å². The molecule has 0 saturated carbocycles. The van der Waals surface area contributed by atoms with Gasteiger partial charge in [0.1, 0.15) is 6.11 Å². The average Bonchev–Trinajstić information content (AvgIpc) is 2.88. The van der Waals surface area contributed by atoms with Crippen molar-refractivity contribution in [3.63, 3.8) is 0 Å². The summed E-state index contributed by atoms with van der Waals surface area (Å²) < 4.78 is 5.24. The van der Waals surface area contributed by atoms with Crippen molar-refractivity contribution in [2.24, 2.45) is 0 Å². The van der Waals surface area contributed by atoms with Gasteiger partial charge in [0.25, 0.3) is 0 Å². The molecule has 0 saturated heterocycles. The Hall–Kier alpha value is -2.72. The Labute approximate surface area is 144 Å². The molecule has 0 unspecified atom stereocenters. The molecule has 2 aromatic carbocycles. The van der Waals surface area contributed by atoms with Crippen LogP contribution in [0.15, 0.2) is 84.0 Å². The van der Waals surface area contributed by atoms with E-state index in [0.717, 1.165) is 11.1 Å². The van der Waals surface area contributed by atoms with E-state index in [2.05, 4.69) is 86.2 Å². The van der Waals surface area contributed by atoms with E-state index in [9.17, 15) is 0 Å². The summed E-state index contributed by atoms with van der Waals surface area (Å²) in [5.74, 6) is 3.68. The molecule has 1 heteroatoms. The standard InChI is InChI=1S/C23H22O/c1-4-24-16-15-21-17(2)22(19-11-7-5-8-12-19)23(18(21)3)20-13-9-6-10-14-20/h5-14,22-23H,2,4H2,1,3H3/t22-,23-/m0/s1. The summed E-state index contributed by atoms with van der Waals surface area (Å²) in [6, 6.07) is 21.2. The molecule has 0 bridgehead atoms. The smallest absolute Gasteiger partial charge is 0.115 e. The molecule has 0 radical (unpaired) electrons. The summed E-state index contributed by atoms with van der Waals surface area (Å²) in [5, 5.41) is 0. The first-order chi connectivity index (χ1) is 11.7. The third-order valence-corrected chi connectivity index (χ3v) is 4.60. The number of hydrogen-bond acceptors (Lipinski definition) is 1. The molecule has 1 nitrogen and oxygen atoms in total. The van der Waals surface area contributed by atoms with Crippen molar-refractivity contribution in [2.75, 3.05) is 6.61 Å². The van der Waals surface area contributed by atoms with Crippen LogP contribution < -0.4 is 0 Å². The summed E-state index contributed by atoms with van der Waals surface area (Å²) in [6.07, 6.45) is 2.81. The molecule has 0 heterocycles. The zero-order chi connectivity index (χ0) is 16.9. The molecule has 24 heavy (non-hydrogen) atoms. The lowest BCUT2D eigenvalue weighted by molar-refractivity contribution is 0.299.